The standard InChI is InChI=1S/C11H11N3OS/c1-2-4-8(5-3-1)10-13-14-11(15-10)16-9-6-12-7-9/h1-5,9,12H,6-7H2. The first-order chi connectivity index (χ1) is 7.92. The van der Waals surface area contributed by atoms with E-state index in [1.54, 1.807) is 11.8 Å². The zero-order valence-corrected chi connectivity index (χ0v) is 9.41. The van der Waals surface area contributed by atoms with Crippen LogP contribution in [0.5, 0.6) is 0 Å². The van der Waals surface area contributed by atoms with Gasteiger partial charge < -0.3 is 9.73 Å². The van der Waals surface area contributed by atoms with Crippen molar-refractivity contribution in [3.63, 3.8) is 0 Å². The summed E-state index contributed by atoms with van der Waals surface area (Å²) in [5.41, 5.74) is 0.966. The van der Waals surface area contributed by atoms with Crippen LogP contribution in [0.3, 0.4) is 0 Å². The molecule has 0 bridgehead atoms. The highest BCUT2D eigenvalue weighted by molar-refractivity contribution is 7.99. The molecule has 1 fully saturated rings. The zero-order valence-electron chi connectivity index (χ0n) is 8.59. The molecule has 0 radical (unpaired) electrons. The van der Waals surface area contributed by atoms with E-state index in [4.69, 9.17) is 4.42 Å². The fourth-order valence-electron chi connectivity index (χ4n) is 1.44. The molecule has 0 spiro atoms. The molecule has 0 unspecified atom stereocenters. The highest BCUT2D eigenvalue weighted by Crippen LogP contribution is 2.27. The quantitative estimate of drug-likeness (QED) is 0.876. The Morgan fingerprint density at radius 3 is 2.69 bits per heavy atom. The van der Waals surface area contributed by atoms with E-state index in [1.807, 2.05) is 30.3 Å². The number of nitrogens with zero attached hydrogens (tertiary/aromatic N) is 2. The number of benzene rings is 1. The second-order valence-electron chi connectivity index (χ2n) is 3.64. The minimum atomic E-state index is 0.573. The van der Waals surface area contributed by atoms with Crippen LogP contribution in [0.15, 0.2) is 40.0 Å². The molecule has 4 nitrogen and oxygen atoms in total. The molecule has 5 heteroatoms. The summed E-state index contributed by atoms with van der Waals surface area (Å²) in [5.74, 6) is 0.593. The van der Waals surface area contributed by atoms with Gasteiger partial charge in [-0.1, -0.05) is 30.0 Å². The van der Waals surface area contributed by atoms with Crippen molar-refractivity contribution >= 4 is 11.8 Å². The van der Waals surface area contributed by atoms with Crippen molar-refractivity contribution in [2.75, 3.05) is 13.1 Å². The molecule has 1 aliphatic heterocycles. The van der Waals surface area contributed by atoms with Crippen molar-refractivity contribution < 1.29 is 4.42 Å². The Balaban J connectivity index is 1.77. The van der Waals surface area contributed by atoms with Gasteiger partial charge in [0, 0.05) is 23.9 Å². The smallest absolute Gasteiger partial charge is 0.277 e. The maximum absolute atomic E-state index is 5.59. The predicted molar refractivity (Wildman–Crippen MR) is 62.2 cm³/mol. The Hall–Kier alpha value is -1.33. The van der Waals surface area contributed by atoms with Crippen molar-refractivity contribution in [1.82, 2.24) is 15.5 Å². The Morgan fingerprint density at radius 1 is 1.19 bits per heavy atom. The Kier molecular flexibility index (Phi) is 2.63. The van der Waals surface area contributed by atoms with E-state index >= 15 is 0 Å². The van der Waals surface area contributed by atoms with Crippen molar-refractivity contribution in [1.29, 1.82) is 0 Å². The molecular weight excluding hydrogens is 222 g/mol. The van der Waals surface area contributed by atoms with Crippen molar-refractivity contribution in [2.45, 2.75) is 10.5 Å². The predicted octanol–water partition coefficient (Wildman–Crippen LogP) is 1.80. The molecule has 2 aromatic rings. The molecule has 16 heavy (non-hydrogen) atoms. The van der Waals surface area contributed by atoms with Gasteiger partial charge in [-0.15, -0.1) is 10.2 Å². The molecular formula is C11H11N3OS. The highest BCUT2D eigenvalue weighted by Gasteiger charge is 2.21. The van der Waals surface area contributed by atoms with Crippen LogP contribution in [0, 0.1) is 0 Å². The van der Waals surface area contributed by atoms with Crippen LogP contribution in [0.25, 0.3) is 11.5 Å². The number of rotatable bonds is 3. The molecule has 3 rings (SSSR count). The lowest BCUT2D eigenvalue weighted by atomic mass is 10.2. The van der Waals surface area contributed by atoms with Gasteiger partial charge in [0.2, 0.25) is 5.89 Å². The van der Waals surface area contributed by atoms with Crippen molar-refractivity contribution in [2.24, 2.45) is 0 Å². The van der Waals surface area contributed by atoms with Crippen LogP contribution in [-0.4, -0.2) is 28.5 Å². The molecule has 1 saturated heterocycles. The minimum absolute atomic E-state index is 0.573. The van der Waals surface area contributed by atoms with E-state index in [0.717, 1.165) is 18.7 Å². The van der Waals surface area contributed by atoms with Gasteiger partial charge in [-0.2, -0.15) is 0 Å². The molecule has 0 amide bonds. The zero-order chi connectivity index (χ0) is 10.8. The first kappa shape index (κ1) is 9.86. The Morgan fingerprint density at radius 2 is 2.00 bits per heavy atom. The second kappa shape index (κ2) is 4.27. The number of hydrogen-bond donors (Lipinski definition) is 1. The van der Waals surface area contributed by atoms with Crippen molar-refractivity contribution in [3.05, 3.63) is 30.3 Å². The number of hydrogen-bond acceptors (Lipinski definition) is 5. The van der Waals surface area contributed by atoms with Crippen LogP contribution in [-0.2, 0) is 0 Å². The molecule has 0 aliphatic carbocycles. The van der Waals surface area contributed by atoms with Gasteiger partial charge in [-0.25, -0.2) is 0 Å². The van der Waals surface area contributed by atoms with Crippen LogP contribution in [0.2, 0.25) is 0 Å². The van der Waals surface area contributed by atoms with E-state index in [1.165, 1.54) is 0 Å². The van der Waals surface area contributed by atoms with Gasteiger partial charge in [-0.05, 0) is 12.1 Å². The third kappa shape index (κ3) is 1.96. The SMILES string of the molecule is c1ccc(-c2nnc(SC3CNC3)o2)cc1. The fourth-order valence-corrected chi connectivity index (χ4v) is 2.35. The maximum atomic E-state index is 5.59. The molecule has 1 aliphatic rings. The molecule has 0 saturated carbocycles. The summed E-state index contributed by atoms with van der Waals surface area (Å²) in [6, 6.07) is 9.82. The summed E-state index contributed by atoms with van der Waals surface area (Å²) in [4.78, 5) is 0. The van der Waals surface area contributed by atoms with E-state index in [0.29, 0.717) is 16.4 Å². The summed E-state index contributed by atoms with van der Waals surface area (Å²) in [7, 11) is 0. The van der Waals surface area contributed by atoms with Gasteiger partial charge >= 0.3 is 0 Å². The number of aromatic nitrogens is 2. The lowest BCUT2D eigenvalue weighted by Crippen LogP contribution is -2.44. The van der Waals surface area contributed by atoms with Crippen LogP contribution >= 0.6 is 11.8 Å². The van der Waals surface area contributed by atoms with E-state index in [-0.39, 0.29) is 0 Å². The summed E-state index contributed by atoms with van der Waals surface area (Å²) in [6.07, 6.45) is 0. The van der Waals surface area contributed by atoms with Gasteiger partial charge in [0.15, 0.2) is 0 Å². The summed E-state index contributed by atoms with van der Waals surface area (Å²) >= 11 is 1.64. The van der Waals surface area contributed by atoms with E-state index < -0.39 is 0 Å². The minimum Gasteiger partial charge on any atom is -0.411 e. The van der Waals surface area contributed by atoms with Crippen LogP contribution < -0.4 is 5.32 Å². The number of nitrogens with one attached hydrogen (secondary N) is 1. The number of thioether (sulfide) groups is 1. The van der Waals surface area contributed by atoms with Gasteiger partial charge in [0.05, 0.1) is 0 Å². The van der Waals surface area contributed by atoms with E-state index in [9.17, 15) is 0 Å². The highest BCUT2D eigenvalue weighted by atomic mass is 32.2. The topological polar surface area (TPSA) is 51.0 Å². The van der Waals surface area contributed by atoms with E-state index in [2.05, 4.69) is 15.5 Å². The average molecular weight is 233 g/mol. The third-order valence-electron chi connectivity index (χ3n) is 2.44. The first-order valence-electron chi connectivity index (χ1n) is 5.18. The Labute approximate surface area is 97.5 Å². The van der Waals surface area contributed by atoms with Crippen LogP contribution in [0.1, 0.15) is 0 Å². The summed E-state index contributed by atoms with van der Waals surface area (Å²) in [6.45, 7) is 2.04. The van der Waals surface area contributed by atoms with Gasteiger partial charge in [-0.3, -0.25) is 0 Å². The summed E-state index contributed by atoms with van der Waals surface area (Å²) in [5, 5.41) is 12.5. The largest absolute Gasteiger partial charge is 0.411 e. The molecule has 1 aromatic carbocycles. The average Bonchev–Trinajstić information content (AvgIpc) is 2.73. The molecule has 1 aromatic heterocycles. The normalized spacial score (nSPS) is 16.0. The van der Waals surface area contributed by atoms with Crippen molar-refractivity contribution in [3.8, 4) is 11.5 Å². The molecule has 0 atom stereocenters. The Bertz CT molecular complexity index is 467. The monoisotopic (exact) mass is 233 g/mol. The maximum Gasteiger partial charge on any atom is 0.277 e. The molecule has 1 N–H and O–H groups in total. The lowest BCUT2D eigenvalue weighted by Gasteiger charge is -2.24. The third-order valence-corrected chi connectivity index (χ3v) is 3.47. The molecule has 2 heterocycles. The molecule has 82 valence electrons. The van der Waals surface area contributed by atoms with Crippen LogP contribution in [0.4, 0.5) is 0 Å². The van der Waals surface area contributed by atoms with Gasteiger partial charge in [0.25, 0.3) is 5.22 Å². The second-order valence-corrected chi connectivity index (χ2v) is 4.89. The lowest BCUT2D eigenvalue weighted by molar-refractivity contribution is 0.459. The van der Waals surface area contributed by atoms with Gasteiger partial charge in [0.1, 0.15) is 0 Å². The first-order valence-corrected chi connectivity index (χ1v) is 6.06. The fraction of sp³-hybridized carbons (Fsp3) is 0.273. The summed E-state index contributed by atoms with van der Waals surface area (Å²) < 4.78 is 5.59.